The fourth-order valence-electron chi connectivity index (χ4n) is 3.70. The van der Waals surface area contributed by atoms with Crippen LogP contribution in [-0.2, 0) is 11.2 Å². The molecular weight excluding hydrogens is 334 g/mol. The minimum absolute atomic E-state index is 0.0728. The lowest BCUT2D eigenvalue weighted by molar-refractivity contribution is -0.114. The largest absolute Gasteiger partial charge is 0.496 e. The van der Waals surface area contributed by atoms with Crippen LogP contribution in [0.3, 0.4) is 0 Å². The first-order valence-corrected chi connectivity index (χ1v) is 9.00. The molecule has 134 valence electrons. The first kappa shape index (κ1) is 17.1. The summed E-state index contributed by atoms with van der Waals surface area (Å²) in [5.74, 6) is 0.784. The molecule has 3 nitrogen and oxygen atoms in total. The van der Waals surface area contributed by atoms with Gasteiger partial charge in [-0.3, -0.25) is 4.79 Å². The third-order valence-corrected chi connectivity index (χ3v) is 4.92. The van der Waals surface area contributed by atoms with E-state index in [0.29, 0.717) is 6.42 Å². The molecule has 3 heteroatoms. The van der Waals surface area contributed by atoms with Crippen LogP contribution in [0.2, 0.25) is 0 Å². The molecule has 0 spiro atoms. The molecule has 1 N–H and O–H groups in total. The molecule has 0 radical (unpaired) electrons. The molecule has 0 fully saturated rings. The minimum atomic E-state index is -0.0728. The molecule has 0 heterocycles. The SMILES string of the molecule is COc1ccc2ccccc2c1Cc1c(NC(C)=O)ccc2ccccc12. The van der Waals surface area contributed by atoms with Crippen molar-refractivity contribution < 1.29 is 9.53 Å². The standard InChI is InChI=1S/C24H21NO2/c1-16(26)25-23-13-11-17-7-3-5-9-19(17)21(23)15-22-20-10-6-4-8-18(20)12-14-24(22)27-2/h3-14H,15H2,1-2H3,(H,25,26). The van der Waals surface area contributed by atoms with E-state index in [1.165, 1.54) is 17.7 Å². The Labute approximate surface area is 158 Å². The lowest BCUT2D eigenvalue weighted by atomic mass is 9.93. The molecule has 0 aliphatic rings. The van der Waals surface area contributed by atoms with E-state index in [-0.39, 0.29) is 5.91 Å². The summed E-state index contributed by atoms with van der Waals surface area (Å²) >= 11 is 0. The van der Waals surface area contributed by atoms with Gasteiger partial charge in [-0.25, -0.2) is 0 Å². The average Bonchev–Trinajstić information content (AvgIpc) is 2.69. The summed E-state index contributed by atoms with van der Waals surface area (Å²) in [5, 5.41) is 7.62. The summed E-state index contributed by atoms with van der Waals surface area (Å²) in [5.41, 5.74) is 3.06. The van der Waals surface area contributed by atoms with Gasteiger partial charge >= 0.3 is 0 Å². The highest BCUT2D eigenvalue weighted by atomic mass is 16.5. The molecule has 0 saturated carbocycles. The van der Waals surface area contributed by atoms with E-state index in [4.69, 9.17) is 4.74 Å². The van der Waals surface area contributed by atoms with Crippen LogP contribution in [0, 0.1) is 0 Å². The molecule has 0 aliphatic heterocycles. The van der Waals surface area contributed by atoms with Crippen LogP contribution in [0.4, 0.5) is 5.69 Å². The van der Waals surface area contributed by atoms with E-state index in [0.717, 1.165) is 33.3 Å². The lowest BCUT2D eigenvalue weighted by Crippen LogP contribution is -2.09. The first-order valence-electron chi connectivity index (χ1n) is 9.00. The van der Waals surface area contributed by atoms with Gasteiger partial charge < -0.3 is 10.1 Å². The number of carbonyl (C=O) groups is 1. The Kier molecular flexibility index (Phi) is 4.51. The molecule has 4 aromatic rings. The summed E-state index contributed by atoms with van der Waals surface area (Å²) < 4.78 is 5.67. The van der Waals surface area contributed by atoms with Gasteiger partial charge in [0.25, 0.3) is 0 Å². The number of benzene rings is 4. The Morgan fingerprint density at radius 2 is 1.41 bits per heavy atom. The van der Waals surface area contributed by atoms with E-state index in [1.54, 1.807) is 7.11 Å². The number of ether oxygens (including phenoxy) is 1. The zero-order valence-electron chi connectivity index (χ0n) is 15.5. The van der Waals surface area contributed by atoms with Crippen LogP contribution < -0.4 is 10.1 Å². The maximum absolute atomic E-state index is 11.8. The van der Waals surface area contributed by atoms with Gasteiger partial charge in [-0.05, 0) is 39.2 Å². The molecular formula is C24H21NO2. The fourth-order valence-corrected chi connectivity index (χ4v) is 3.70. The number of amides is 1. The summed E-state index contributed by atoms with van der Waals surface area (Å²) in [7, 11) is 1.70. The smallest absolute Gasteiger partial charge is 0.221 e. The van der Waals surface area contributed by atoms with Crippen LogP contribution in [0.25, 0.3) is 21.5 Å². The van der Waals surface area contributed by atoms with Crippen LogP contribution in [-0.4, -0.2) is 13.0 Å². The Balaban J connectivity index is 1.96. The molecule has 4 aromatic carbocycles. The number of methoxy groups -OCH3 is 1. The van der Waals surface area contributed by atoms with E-state index < -0.39 is 0 Å². The van der Waals surface area contributed by atoms with E-state index in [1.807, 2.05) is 42.5 Å². The number of nitrogens with one attached hydrogen (secondary N) is 1. The molecule has 0 bridgehead atoms. The van der Waals surface area contributed by atoms with Gasteiger partial charge in [0.05, 0.1) is 7.11 Å². The van der Waals surface area contributed by atoms with Crippen molar-refractivity contribution in [2.75, 3.05) is 12.4 Å². The summed E-state index contributed by atoms with van der Waals surface area (Å²) in [6.07, 6.45) is 0.668. The van der Waals surface area contributed by atoms with Crippen molar-refractivity contribution in [3.8, 4) is 5.75 Å². The number of carbonyl (C=O) groups excluding carboxylic acids is 1. The predicted octanol–water partition coefficient (Wildman–Crippen LogP) is 5.55. The Morgan fingerprint density at radius 1 is 0.815 bits per heavy atom. The fraction of sp³-hybridized carbons (Fsp3) is 0.125. The van der Waals surface area contributed by atoms with E-state index in [9.17, 15) is 4.79 Å². The molecule has 0 atom stereocenters. The lowest BCUT2D eigenvalue weighted by Gasteiger charge is -2.17. The number of anilines is 1. The summed E-state index contributed by atoms with van der Waals surface area (Å²) in [6, 6.07) is 24.7. The quantitative estimate of drug-likeness (QED) is 0.521. The van der Waals surface area contributed by atoms with E-state index in [2.05, 4.69) is 35.6 Å². The van der Waals surface area contributed by atoms with Gasteiger partial charge in [0.15, 0.2) is 0 Å². The maximum Gasteiger partial charge on any atom is 0.221 e. The highest BCUT2D eigenvalue weighted by Crippen LogP contribution is 2.35. The van der Waals surface area contributed by atoms with Gasteiger partial charge in [-0.1, -0.05) is 60.7 Å². The number of rotatable bonds is 4. The third-order valence-electron chi connectivity index (χ3n) is 4.92. The summed E-state index contributed by atoms with van der Waals surface area (Å²) in [4.78, 5) is 11.8. The Morgan fingerprint density at radius 3 is 2.04 bits per heavy atom. The molecule has 1 amide bonds. The molecule has 0 unspecified atom stereocenters. The van der Waals surface area contributed by atoms with Gasteiger partial charge in [-0.2, -0.15) is 0 Å². The number of hydrogen-bond acceptors (Lipinski definition) is 2. The first-order chi connectivity index (χ1) is 13.2. The highest BCUT2D eigenvalue weighted by molar-refractivity contribution is 5.97. The Hall–Kier alpha value is -3.33. The zero-order valence-corrected chi connectivity index (χ0v) is 15.5. The van der Waals surface area contributed by atoms with Gasteiger partial charge in [0, 0.05) is 24.6 Å². The number of hydrogen-bond donors (Lipinski definition) is 1. The van der Waals surface area contributed by atoms with Crippen molar-refractivity contribution in [1.29, 1.82) is 0 Å². The topological polar surface area (TPSA) is 38.3 Å². The monoisotopic (exact) mass is 355 g/mol. The predicted molar refractivity (Wildman–Crippen MR) is 112 cm³/mol. The van der Waals surface area contributed by atoms with Gasteiger partial charge in [-0.15, -0.1) is 0 Å². The Bertz CT molecular complexity index is 1150. The molecule has 0 aromatic heterocycles. The van der Waals surface area contributed by atoms with Crippen molar-refractivity contribution in [3.05, 3.63) is 83.9 Å². The zero-order chi connectivity index (χ0) is 18.8. The van der Waals surface area contributed by atoms with Gasteiger partial charge in [0.1, 0.15) is 5.75 Å². The van der Waals surface area contributed by atoms with Crippen molar-refractivity contribution >= 4 is 33.1 Å². The highest BCUT2D eigenvalue weighted by Gasteiger charge is 2.15. The second kappa shape index (κ2) is 7.12. The summed E-state index contributed by atoms with van der Waals surface area (Å²) in [6.45, 7) is 1.54. The second-order valence-electron chi connectivity index (χ2n) is 6.64. The second-order valence-corrected chi connectivity index (χ2v) is 6.64. The van der Waals surface area contributed by atoms with Crippen molar-refractivity contribution in [2.24, 2.45) is 0 Å². The van der Waals surface area contributed by atoms with Crippen molar-refractivity contribution in [1.82, 2.24) is 0 Å². The average molecular weight is 355 g/mol. The van der Waals surface area contributed by atoms with Crippen LogP contribution >= 0.6 is 0 Å². The normalized spacial score (nSPS) is 10.9. The molecule has 0 saturated heterocycles. The number of fused-ring (bicyclic) bond motifs is 2. The van der Waals surface area contributed by atoms with Crippen LogP contribution in [0.15, 0.2) is 72.8 Å². The third kappa shape index (κ3) is 3.24. The van der Waals surface area contributed by atoms with Gasteiger partial charge in [0.2, 0.25) is 5.91 Å². The molecule has 0 aliphatic carbocycles. The molecule has 4 rings (SSSR count). The van der Waals surface area contributed by atoms with Crippen LogP contribution in [0.5, 0.6) is 5.75 Å². The molecule has 27 heavy (non-hydrogen) atoms. The van der Waals surface area contributed by atoms with E-state index >= 15 is 0 Å². The van der Waals surface area contributed by atoms with Crippen molar-refractivity contribution in [2.45, 2.75) is 13.3 Å². The minimum Gasteiger partial charge on any atom is -0.496 e. The maximum atomic E-state index is 11.8. The van der Waals surface area contributed by atoms with Crippen molar-refractivity contribution in [3.63, 3.8) is 0 Å². The van der Waals surface area contributed by atoms with Crippen LogP contribution in [0.1, 0.15) is 18.1 Å².